The molecule has 0 amide bonds. The van der Waals surface area contributed by atoms with Crippen molar-refractivity contribution in [1.82, 2.24) is 14.8 Å². The second kappa shape index (κ2) is 6.37. The lowest BCUT2D eigenvalue weighted by atomic mass is 10.4. The maximum Gasteiger partial charge on any atom is 0.348 e. The predicted octanol–water partition coefficient (Wildman–Crippen LogP) is 3.22. The average molecular weight is 335 g/mol. The first-order valence-corrected chi connectivity index (χ1v) is 8.22. The lowest BCUT2D eigenvalue weighted by molar-refractivity contribution is 0.0606. The van der Waals surface area contributed by atoms with Gasteiger partial charge in [0.05, 0.1) is 13.4 Å². The van der Waals surface area contributed by atoms with Gasteiger partial charge < -0.3 is 13.7 Å². The number of esters is 1. The highest BCUT2D eigenvalue weighted by Gasteiger charge is 2.14. The van der Waals surface area contributed by atoms with Gasteiger partial charge in [-0.2, -0.15) is 0 Å². The number of carbonyl (C=O) groups is 1. The Morgan fingerprint density at radius 2 is 2.27 bits per heavy atom. The highest BCUT2D eigenvalue weighted by molar-refractivity contribution is 7.98. The van der Waals surface area contributed by atoms with Crippen LogP contribution in [0, 0.1) is 0 Å². The van der Waals surface area contributed by atoms with E-state index in [1.807, 2.05) is 29.8 Å². The molecule has 0 bridgehead atoms. The monoisotopic (exact) mass is 335 g/mol. The zero-order valence-corrected chi connectivity index (χ0v) is 13.6. The van der Waals surface area contributed by atoms with Gasteiger partial charge in [-0.1, -0.05) is 11.8 Å². The smallest absolute Gasteiger partial charge is 0.348 e. The third-order valence-corrected chi connectivity index (χ3v) is 5.29. The molecule has 0 saturated carbocycles. The summed E-state index contributed by atoms with van der Waals surface area (Å²) in [7, 11) is 3.28. The van der Waals surface area contributed by atoms with Crippen LogP contribution in [-0.4, -0.2) is 27.8 Å². The number of hydrogen-bond acceptors (Lipinski definition) is 7. The maximum atomic E-state index is 11.4. The number of thioether (sulfide) groups is 1. The van der Waals surface area contributed by atoms with Crippen molar-refractivity contribution in [1.29, 1.82) is 0 Å². The van der Waals surface area contributed by atoms with E-state index in [1.54, 1.807) is 24.1 Å². The molecule has 114 valence electrons. The van der Waals surface area contributed by atoms with Crippen molar-refractivity contribution in [2.45, 2.75) is 10.9 Å². The quantitative estimate of drug-likeness (QED) is 0.527. The number of ether oxygens (including phenoxy) is 1. The maximum absolute atomic E-state index is 11.4. The van der Waals surface area contributed by atoms with Crippen molar-refractivity contribution in [2.24, 2.45) is 7.05 Å². The normalized spacial score (nSPS) is 10.8. The Hall–Kier alpha value is -2.06. The van der Waals surface area contributed by atoms with Crippen LogP contribution in [0.4, 0.5) is 0 Å². The number of thiophene rings is 1. The number of rotatable bonds is 5. The molecule has 0 saturated heterocycles. The Kier molecular flexibility index (Phi) is 4.30. The fourth-order valence-corrected chi connectivity index (χ4v) is 3.74. The van der Waals surface area contributed by atoms with E-state index in [1.165, 1.54) is 18.4 Å². The molecule has 0 atom stereocenters. The van der Waals surface area contributed by atoms with E-state index < -0.39 is 0 Å². The molecule has 0 spiro atoms. The topological polar surface area (TPSA) is 70.2 Å². The van der Waals surface area contributed by atoms with Crippen molar-refractivity contribution in [3.05, 3.63) is 40.3 Å². The second-order valence-corrected chi connectivity index (χ2v) is 6.50. The van der Waals surface area contributed by atoms with Crippen LogP contribution in [0.1, 0.15) is 14.5 Å². The predicted molar refractivity (Wildman–Crippen MR) is 83.9 cm³/mol. The van der Waals surface area contributed by atoms with Gasteiger partial charge in [0.25, 0.3) is 0 Å². The van der Waals surface area contributed by atoms with E-state index in [0.29, 0.717) is 22.2 Å². The molecule has 0 aliphatic heterocycles. The molecule has 0 unspecified atom stereocenters. The van der Waals surface area contributed by atoms with Crippen LogP contribution in [0.15, 0.2) is 40.1 Å². The summed E-state index contributed by atoms with van der Waals surface area (Å²) in [6, 6.07) is 7.36. The summed E-state index contributed by atoms with van der Waals surface area (Å²) in [5.74, 6) is 1.78. The molecule has 6 nitrogen and oxygen atoms in total. The van der Waals surface area contributed by atoms with Gasteiger partial charge in [0.1, 0.15) is 4.88 Å². The number of furan rings is 1. The van der Waals surface area contributed by atoms with Gasteiger partial charge in [-0.25, -0.2) is 4.79 Å². The summed E-state index contributed by atoms with van der Waals surface area (Å²) in [5.41, 5.74) is 0. The first-order chi connectivity index (χ1) is 10.7. The molecule has 3 heterocycles. The molecule has 8 heteroatoms. The number of aromatic nitrogens is 3. The minimum absolute atomic E-state index is 0.306. The molecule has 22 heavy (non-hydrogen) atoms. The number of carbonyl (C=O) groups excluding carboxylic acids is 1. The first kappa shape index (κ1) is 14.9. The third-order valence-electron chi connectivity index (χ3n) is 2.97. The summed E-state index contributed by atoms with van der Waals surface area (Å²) in [4.78, 5) is 13.1. The van der Waals surface area contributed by atoms with Crippen molar-refractivity contribution >= 4 is 29.1 Å². The highest BCUT2D eigenvalue weighted by atomic mass is 32.2. The minimum atomic E-state index is -0.306. The van der Waals surface area contributed by atoms with Gasteiger partial charge in [-0.05, 0) is 24.3 Å². The molecule has 3 rings (SSSR count). The Morgan fingerprint density at radius 1 is 1.41 bits per heavy atom. The van der Waals surface area contributed by atoms with Gasteiger partial charge >= 0.3 is 5.97 Å². The van der Waals surface area contributed by atoms with E-state index in [-0.39, 0.29) is 5.97 Å². The molecule has 0 N–H and O–H groups in total. The fourth-order valence-electron chi connectivity index (χ4n) is 1.86. The molecule has 0 fully saturated rings. The molecular formula is C14H13N3O3S2. The van der Waals surface area contributed by atoms with Gasteiger partial charge in [-0.3, -0.25) is 0 Å². The molecule has 3 aromatic rings. The van der Waals surface area contributed by atoms with Gasteiger partial charge in [0, 0.05) is 17.7 Å². The van der Waals surface area contributed by atoms with Crippen LogP contribution in [0.5, 0.6) is 0 Å². The number of methoxy groups -OCH3 is 1. The summed E-state index contributed by atoms with van der Waals surface area (Å²) >= 11 is 2.98. The Bertz CT molecular complexity index is 777. The largest absolute Gasteiger partial charge is 0.465 e. The second-order valence-electron chi connectivity index (χ2n) is 4.39. The molecule has 3 aromatic heterocycles. The summed E-state index contributed by atoms with van der Waals surface area (Å²) in [6.45, 7) is 0. The Morgan fingerprint density at radius 3 is 3.00 bits per heavy atom. The van der Waals surface area contributed by atoms with E-state index >= 15 is 0 Å². The standard InChI is InChI=1S/C14H13N3O3S2/c1-17-12(10-4-3-7-20-10)15-16-14(17)21-8-9-5-6-11(22-9)13(18)19-2/h3-7H,8H2,1-2H3. The Balaban J connectivity index is 1.69. The number of hydrogen-bond donors (Lipinski definition) is 0. The van der Waals surface area contributed by atoms with E-state index in [0.717, 1.165) is 10.0 Å². The molecule has 0 aromatic carbocycles. The molecule has 0 radical (unpaired) electrons. The molecule has 0 aliphatic rings. The van der Waals surface area contributed by atoms with Crippen molar-refractivity contribution in [3.63, 3.8) is 0 Å². The summed E-state index contributed by atoms with van der Waals surface area (Å²) in [5, 5.41) is 9.11. The van der Waals surface area contributed by atoms with E-state index in [9.17, 15) is 4.79 Å². The van der Waals surface area contributed by atoms with Crippen LogP contribution in [0.25, 0.3) is 11.6 Å². The summed E-state index contributed by atoms with van der Waals surface area (Å²) in [6.07, 6.45) is 1.61. The summed E-state index contributed by atoms with van der Waals surface area (Å²) < 4.78 is 11.9. The van der Waals surface area contributed by atoms with Crippen LogP contribution >= 0.6 is 23.1 Å². The minimum Gasteiger partial charge on any atom is -0.465 e. The van der Waals surface area contributed by atoms with E-state index in [2.05, 4.69) is 10.2 Å². The zero-order valence-electron chi connectivity index (χ0n) is 12.0. The van der Waals surface area contributed by atoms with Crippen LogP contribution in [0.3, 0.4) is 0 Å². The van der Waals surface area contributed by atoms with Crippen molar-refractivity contribution in [2.75, 3.05) is 7.11 Å². The van der Waals surface area contributed by atoms with Gasteiger partial charge in [0.15, 0.2) is 16.7 Å². The number of nitrogens with zero attached hydrogens (tertiary/aromatic N) is 3. The first-order valence-electron chi connectivity index (χ1n) is 6.42. The highest BCUT2D eigenvalue weighted by Crippen LogP contribution is 2.28. The Labute approximate surface area is 135 Å². The average Bonchev–Trinajstić information content (AvgIpc) is 3.25. The lowest BCUT2D eigenvalue weighted by Gasteiger charge is -2.01. The zero-order chi connectivity index (χ0) is 15.5. The molecule has 0 aliphatic carbocycles. The van der Waals surface area contributed by atoms with Crippen LogP contribution in [0.2, 0.25) is 0 Å². The van der Waals surface area contributed by atoms with Gasteiger partial charge in [0.2, 0.25) is 0 Å². The fraction of sp³-hybridized carbons (Fsp3) is 0.214. The lowest BCUT2D eigenvalue weighted by Crippen LogP contribution is -1.96. The van der Waals surface area contributed by atoms with E-state index in [4.69, 9.17) is 9.15 Å². The van der Waals surface area contributed by atoms with Crippen LogP contribution < -0.4 is 0 Å². The SMILES string of the molecule is COC(=O)c1ccc(CSc2nnc(-c3ccco3)n2C)s1. The molecular weight excluding hydrogens is 322 g/mol. The van der Waals surface area contributed by atoms with Gasteiger partial charge in [-0.15, -0.1) is 21.5 Å². The van der Waals surface area contributed by atoms with Crippen molar-refractivity contribution in [3.8, 4) is 11.6 Å². The van der Waals surface area contributed by atoms with Crippen LogP contribution in [-0.2, 0) is 17.5 Å². The van der Waals surface area contributed by atoms with Crippen molar-refractivity contribution < 1.29 is 13.9 Å². The third kappa shape index (κ3) is 2.93.